The number of carbonyl (C=O) groups excluding carboxylic acids is 1. The zero-order chi connectivity index (χ0) is 28.4. The van der Waals surface area contributed by atoms with Crippen LogP contribution < -0.4 is 10.1 Å². The Kier molecular flexibility index (Phi) is 8.03. The van der Waals surface area contributed by atoms with Crippen LogP contribution in [0.2, 0.25) is 0 Å². The average molecular weight is 560 g/mol. The molecular weight excluding hydrogens is 531 g/mol. The number of hydrazine groups is 1. The summed E-state index contributed by atoms with van der Waals surface area (Å²) in [6.45, 7) is 2.08. The van der Waals surface area contributed by atoms with Gasteiger partial charge in [0.05, 0.1) is 17.1 Å². The van der Waals surface area contributed by atoms with Crippen LogP contribution in [0.4, 0.5) is 18.9 Å². The summed E-state index contributed by atoms with van der Waals surface area (Å²) in [6.07, 6.45) is -2.96. The molecule has 39 heavy (non-hydrogen) atoms. The van der Waals surface area contributed by atoms with Crippen molar-refractivity contribution in [2.75, 3.05) is 31.7 Å². The Morgan fingerprint density at radius 1 is 0.974 bits per heavy atom. The predicted molar refractivity (Wildman–Crippen MR) is 143 cm³/mol. The minimum absolute atomic E-state index is 0.0139. The second kappa shape index (κ2) is 11.1. The fourth-order valence-corrected chi connectivity index (χ4v) is 5.16. The molecule has 0 fully saturated rings. The molecule has 0 bridgehead atoms. The van der Waals surface area contributed by atoms with E-state index in [4.69, 9.17) is 0 Å². The van der Waals surface area contributed by atoms with E-state index < -0.39 is 16.2 Å². The molecule has 206 valence electrons. The first kappa shape index (κ1) is 28.2. The van der Waals surface area contributed by atoms with Crippen LogP contribution in [0.15, 0.2) is 77.8 Å². The fraction of sp³-hybridized carbons (Fsp3) is 0.250. The number of nitrogens with one attached hydrogen (secondary N) is 1. The molecule has 0 aliphatic carbocycles. The smallest absolute Gasteiger partial charge is 0.405 e. The molecule has 1 heterocycles. The van der Waals surface area contributed by atoms with Gasteiger partial charge in [-0.15, -0.1) is 13.2 Å². The Morgan fingerprint density at radius 3 is 2.28 bits per heavy atom. The highest BCUT2D eigenvalue weighted by molar-refractivity contribution is 7.91. The molecule has 3 aromatic rings. The SMILES string of the molecule is CCS(=O)(=O)c1ccc(CC(=O)Nc2ccc(-c3ccccc3OC(F)(F)F)c(C3=CN(C)N(C)C3)c2)cc1. The van der Waals surface area contributed by atoms with Gasteiger partial charge in [0.2, 0.25) is 5.91 Å². The second-order valence-corrected chi connectivity index (χ2v) is 11.4. The van der Waals surface area contributed by atoms with E-state index in [0.717, 1.165) is 5.57 Å². The van der Waals surface area contributed by atoms with Crippen molar-refractivity contribution in [2.24, 2.45) is 0 Å². The zero-order valence-electron chi connectivity index (χ0n) is 21.6. The Bertz CT molecular complexity index is 1500. The number of benzene rings is 3. The molecule has 0 saturated carbocycles. The van der Waals surface area contributed by atoms with Gasteiger partial charge >= 0.3 is 6.36 Å². The molecule has 1 N–H and O–H groups in total. The summed E-state index contributed by atoms with van der Waals surface area (Å²) >= 11 is 0. The van der Waals surface area contributed by atoms with Crippen LogP contribution in [0.25, 0.3) is 16.7 Å². The zero-order valence-corrected chi connectivity index (χ0v) is 22.4. The highest BCUT2D eigenvalue weighted by atomic mass is 32.2. The molecule has 1 aliphatic heterocycles. The van der Waals surface area contributed by atoms with Gasteiger partial charge < -0.3 is 15.1 Å². The van der Waals surface area contributed by atoms with Gasteiger partial charge in [-0.2, -0.15) is 0 Å². The lowest BCUT2D eigenvalue weighted by molar-refractivity contribution is -0.274. The maximum atomic E-state index is 13.1. The van der Waals surface area contributed by atoms with Crippen molar-refractivity contribution in [3.63, 3.8) is 0 Å². The Balaban J connectivity index is 1.63. The van der Waals surface area contributed by atoms with Gasteiger partial charge in [-0.25, -0.2) is 13.4 Å². The number of para-hydroxylation sites is 1. The van der Waals surface area contributed by atoms with E-state index >= 15 is 0 Å². The van der Waals surface area contributed by atoms with Gasteiger partial charge in [0, 0.05) is 38.1 Å². The standard InChI is InChI=1S/C28H28F3N3O4S/c1-4-39(36,37)22-12-9-19(10-13-22)15-27(35)32-21-11-14-23(25(16-21)20-17-33(2)34(3)18-20)24-7-5-6-8-26(24)38-28(29,30)31/h5-14,16-17H,4,15,18H2,1-3H3,(H,32,35). The van der Waals surface area contributed by atoms with Crippen LogP contribution in [0.3, 0.4) is 0 Å². The minimum Gasteiger partial charge on any atom is -0.405 e. The first-order chi connectivity index (χ1) is 18.4. The monoisotopic (exact) mass is 559 g/mol. The summed E-state index contributed by atoms with van der Waals surface area (Å²) in [7, 11) is 0.401. The van der Waals surface area contributed by atoms with Crippen LogP contribution in [-0.2, 0) is 21.1 Å². The summed E-state index contributed by atoms with van der Waals surface area (Å²) < 4.78 is 67.6. The molecule has 1 amide bonds. The first-order valence-corrected chi connectivity index (χ1v) is 13.8. The Labute approximate surface area is 225 Å². The number of anilines is 1. The number of carbonyl (C=O) groups is 1. The van der Waals surface area contributed by atoms with E-state index in [1.165, 1.54) is 24.3 Å². The molecule has 0 spiro atoms. The molecule has 4 rings (SSSR count). The van der Waals surface area contributed by atoms with E-state index in [0.29, 0.717) is 28.9 Å². The third-order valence-corrected chi connectivity index (χ3v) is 8.11. The summed E-state index contributed by atoms with van der Waals surface area (Å²) in [4.78, 5) is 13.0. The molecule has 0 radical (unpaired) electrons. The molecule has 3 aromatic carbocycles. The van der Waals surface area contributed by atoms with Crippen LogP contribution in [0, 0.1) is 0 Å². The van der Waals surface area contributed by atoms with Gasteiger partial charge in [-0.1, -0.05) is 43.3 Å². The number of hydrogen-bond acceptors (Lipinski definition) is 6. The number of amides is 1. The fourth-order valence-electron chi connectivity index (χ4n) is 4.27. The van der Waals surface area contributed by atoms with Gasteiger partial charge in [0.25, 0.3) is 0 Å². The number of ether oxygens (including phenoxy) is 1. The Morgan fingerprint density at radius 2 is 1.67 bits per heavy atom. The lowest BCUT2D eigenvalue weighted by Crippen LogP contribution is -2.27. The van der Waals surface area contributed by atoms with Gasteiger partial charge in [0.15, 0.2) is 9.84 Å². The second-order valence-electron chi connectivity index (χ2n) is 9.12. The lowest BCUT2D eigenvalue weighted by Gasteiger charge is -2.19. The minimum atomic E-state index is -4.85. The normalized spacial score (nSPS) is 14.3. The summed E-state index contributed by atoms with van der Waals surface area (Å²) in [5, 5.41) is 6.64. The highest BCUT2D eigenvalue weighted by Crippen LogP contribution is 2.39. The highest BCUT2D eigenvalue weighted by Gasteiger charge is 2.32. The van der Waals surface area contributed by atoms with Crippen LogP contribution in [0.5, 0.6) is 5.75 Å². The average Bonchev–Trinajstić information content (AvgIpc) is 3.21. The van der Waals surface area contributed by atoms with E-state index in [1.807, 2.05) is 30.3 Å². The number of alkyl halides is 3. The quantitative estimate of drug-likeness (QED) is 0.401. The van der Waals surface area contributed by atoms with Crippen molar-refractivity contribution in [1.29, 1.82) is 0 Å². The maximum absolute atomic E-state index is 13.1. The maximum Gasteiger partial charge on any atom is 0.573 e. The number of halogens is 3. The van der Waals surface area contributed by atoms with Crippen molar-refractivity contribution in [3.8, 4) is 16.9 Å². The van der Waals surface area contributed by atoms with E-state index in [2.05, 4.69) is 10.1 Å². The van der Waals surface area contributed by atoms with Gasteiger partial charge in [0.1, 0.15) is 5.75 Å². The number of nitrogens with zero attached hydrogens (tertiary/aromatic N) is 2. The molecule has 11 heteroatoms. The molecule has 0 unspecified atom stereocenters. The van der Waals surface area contributed by atoms with Crippen molar-refractivity contribution in [2.45, 2.75) is 24.6 Å². The van der Waals surface area contributed by atoms with Gasteiger partial charge in [-0.05, 0) is 52.6 Å². The van der Waals surface area contributed by atoms with Crippen molar-refractivity contribution >= 4 is 27.0 Å². The number of rotatable bonds is 8. The number of sulfone groups is 1. The van der Waals surface area contributed by atoms with E-state index in [-0.39, 0.29) is 34.3 Å². The number of likely N-dealkylation sites (N-methyl/N-ethyl adjacent to an activating group) is 1. The predicted octanol–water partition coefficient (Wildman–Crippen LogP) is 5.36. The Hall–Kier alpha value is -3.83. The molecular formula is C28H28F3N3O4S. The third kappa shape index (κ3) is 6.79. The summed E-state index contributed by atoms with van der Waals surface area (Å²) in [5.74, 6) is -0.660. The van der Waals surface area contributed by atoms with E-state index in [9.17, 15) is 26.4 Å². The summed E-state index contributed by atoms with van der Waals surface area (Å²) in [6, 6.07) is 17.1. The number of hydrogen-bond donors (Lipinski definition) is 1. The largest absolute Gasteiger partial charge is 0.573 e. The summed E-state index contributed by atoms with van der Waals surface area (Å²) in [5.41, 5.74) is 3.39. The van der Waals surface area contributed by atoms with Crippen LogP contribution in [0.1, 0.15) is 18.1 Å². The molecule has 0 saturated heterocycles. The molecule has 7 nitrogen and oxygen atoms in total. The van der Waals surface area contributed by atoms with Crippen LogP contribution >= 0.6 is 0 Å². The molecule has 0 aromatic heterocycles. The lowest BCUT2D eigenvalue weighted by atomic mass is 9.93. The third-order valence-electron chi connectivity index (χ3n) is 6.36. The molecule has 0 atom stereocenters. The van der Waals surface area contributed by atoms with Gasteiger partial charge in [-0.3, -0.25) is 4.79 Å². The van der Waals surface area contributed by atoms with Crippen molar-refractivity contribution in [1.82, 2.24) is 10.0 Å². The molecule has 1 aliphatic rings. The van der Waals surface area contributed by atoms with E-state index in [1.54, 1.807) is 49.4 Å². The van der Waals surface area contributed by atoms with Crippen molar-refractivity contribution < 1.29 is 31.1 Å². The topological polar surface area (TPSA) is 78.9 Å². The van der Waals surface area contributed by atoms with Crippen molar-refractivity contribution in [3.05, 3.63) is 84.1 Å². The first-order valence-electron chi connectivity index (χ1n) is 12.1. The van der Waals surface area contributed by atoms with Crippen LogP contribution in [-0.4, -0.2) is 57.1 Å².